The molecule has 1 heterocycles. The molecule has 0 radical (unpaired) electrons. The van der Waals surface area contributed by atoms with Crippen LogP contribution in [0.3, 0.4) is 0 Å². The van der Waals surface area contributed by atoms with Crippen LogP contribution in [0.15, 0.2) is 23.3 Å². The van der Waals surface area contributed by atoms with Crippen LogP contribution in [0.2, 0.25) is 0 Å². The smallest absolute Gasteiger partial charge is 0.213 e. The molecule has 1 aromatic heterocycles. The third-order valence-electron chi connectivity index (χ3n) is 3.98. The standard InChI is InChI=1S/C18H30N4O/c1-3-5-11-21-18(19-4-2)22-14-15-10-12-20-17(13-15)23-16-8-6-7-9-16/h10,12-13,16H,3-9,11,14H2,1-2H3,(H2,19,21,22). The second-order valence-corrected chi connectivity index (χ2v) is 6.00. The summed E-state index contributed by atoms with van der Waals surface area (Å²) in [5, 5.41) is 6.63. The molecular formula is C18H30N4O. The van der Waals surface area contributed by atoms with Gasteiger partial charge in [0, 0.05) is 25.4 Å². The Morgan fingerprint density at radius 2 is 2.13 bits per heavy atom. The van der Waals surface area contributed by atoms with E-state index in [0.717, 1.165) is 49.8 Å². The molecule has 0 amide bonds. The van der Waals surface area contributed by atoms with Crippen molar-refractivity contribution in [2.75, 3.05) is 13.1 Å². The highest BCUT2D eigenvalue weighted by atomic mass is 16.5. The molecule has 1 aromatic rings. The first-order chi connectivity index (χ1) is 11.3. The lowest BCUT2D eigenvalue weighted by atomic mass is 10.2. The molecular weight excluding hydrogens is 288 g/mol. The van der Waals surface area contributed by atoms with Gasteiger partial charge < -0.3 is 15.4 Å². The Morgan fingerprint density at radius 1 is 1.30 bits per heavy atom. The summed E-state index contributed by atoms with van der Waals surface area (Å²) < 4.78 is 5.96. The SMILES string of the molecule is CCCCNC(=NCc1ccnc(OC2CCCC2)c1)NCC. The summed E-state index contributed by atoms with van der Waals surface area (Å²) in [7, 11) is 0. The van der Waals surface area contributed by atoms with Gasteiger partial charge in [0.05, 0.1) is 6.54 Å². The van der Waals surface area contributed by atoms with Crippen molar-refractivity contribution < 1.29 is 4.74 Å². The van der Waals surface area contributed by atoms with Gasteiger partial charge in [-0.2, -0.15) is 0 Å². The van der Waals surface area contributed by atoms with E-state index in [2.05, 4.69) is 34.5 Å². The molecule has 5 heteroatoms. The van der Waals surface area contributed by atoms with Crippen molar-refractivity contribution in [3.8, 4) is 5.88 Å². The van der Waals surface area contributed by atoms with Crippen molar-refractivity contribution in [2.24, 2.45) is 4.99 Å². The second-order valence-electron chi connectivity index (χ2n) is 6.00. The Morgan fingerprint density at radius 3 is 2.87 bits per heavy atom. The fourth-order valence-corrected chi connectivity index (χ4v) is 2.69. The zero-order chi connectivity index (χ0) is 16.3. The average Bonchev–Trinajstić information content (AvgIpc) is 3.06. The van der Waals surface area contributed by atoms with E-state index in [1.165, 1.54) is 19.3 Å². The number of nitrogens with zero attached hydrogens (tertiary/aromatic N) is 2. The lowest BCUT2D eigenvalue weighted by Gasteiger charge is -2.13. The quantitative estimate of drug-likeness (QED) is 0.439. The van der Waals surface area contributed by atoms with Gasteiger partial charge >= 0.3 is 0 Å². The summed E-state index contributed by atoms with van der Waals surface area (Å²) in [6, 6.07) is 4.01. The van der Waals surface area contributed by atoms with Gasteiger partial charge in [0.1, 0.15) is 6.10 Å². The van der Waals surface area contributed by atoms with Gasteiger partial charge in [-0.15, -0.1) is 0 Å². The second kappa shape index (κ2) is 10.1. The molecule has 0 bridgehead atoms. The van der Waals surface area contributed by atoms with E-state index in [9.17, 15) is 0 Å². The number of hydrogen-bond acceptors (Lipinski definition) is 3. The molecule has 1 aliphatic carbocycles. The van der Waals surface area contributed by atoms with Crippen molar-refractivity contribution in [2.45, 2.75) is 65.0 Å². The van der Waals surface area contributed by atoms with Crippen LogP contribution in [0.25, 0.3) is 0 Å². The van der Waals surface area contributed by atoms with Gasteiger partial charge in [0.25, 0.3) is 0 Å². The number of aromatic nitrogens is 1. The molecule has 2 N–H and O–H groups in total. The number of hydrogen-bond donors (Lipinski definition) is 2. The molecule has 1 aliphatic rings. The predicted molar refractivity (Wildman–Crippen MR) is 94.8 cm³/mol. The van der Waals surface area contributed by atoms with E-state index in [-0.39, 0.29) is 0 Å². The van der Waals surface area contributed by atoms with Gasteiger partial charge in [-0.05, 0) is 50.7 Å². The minimum absolute atomic E-state index is 0.342. The molecule has 0 saturated heterocycles. The third-order valence-corrected chi connectivity index (χ3v) is 3.98. The minimum atomic E-state index is 0.342. The van der Waals surface area contributed by atoms with Gasteiger partial charge in [0.15, 0.2) is 5.96 Å². The Balaban J connectivity index is 1.90. The third kappa shape index (κ3) is 6.47. The first-order valence-electron chi connectivity index (χ1n) is 8.95. The normalized spacial score (nSPS) is 15.7. The Bertz CT molecular complexity index is 484. The number of unbranched alkanes of at least 4 members (excludes halogenated alkanes) is 1. The summed E-state index contributed by atoms with van der Waals surface area (Å²) in [5.74, 6) is 1.60. The lowest BCUT2D eigenvalue weighted by Crippen LogP contribution is -2.37. The number of ether oxygens (including phenoxy) is 1. The largest absolute Gasteiger partial charge is 0.474 e. The van der Waals surface area contributed by atoms with Crippen LogP contribution in [-0.2, 0) is 6.54 Å². The van der Waals surface area contributed by atoms with Gasteiger partial charge in [-0.1, -0.05) is 13.3 Å². The van der Waals surface area contributed by atoms with Crippen molar-refractivity contribution in [1.82, 2.24) is 15.6 Å². The maximum absolute atomic E-state index is 5.96. The van der Waals surface area contributed by atoms with Crippen LogP contribution in [0.4, 0.5) is 0 Å². The van der Waals surface area contributed by atoms with E-state index in [4.69, 9.17) is 4.74 Å². The molecule has 5 nitrogen and oxygen atoms in total. The van der Waals surface area contributed by atoms with Crippen molar-refractivity contribution in [3.05, 3.63) is 23.9 Å². The first kappa shape index (κ1) is 17.6. The van der Waals surface area contributed by atoms with Crippen molar-refractivity contribution >= 4 is 5.96 Å². The molecule has 23 heavy (non-hydrogen) atoms. The summed E-state index contributed by atoms with van der Waals surface area (Å²) in [6.45, 7) is 6.72. The molecule has 0 spiro atoms. The molecule has 0 unspecified atom stereocenters. The van der Waals surface area contributed by atoms with E-state index in [0.29, 0.717) is 12.6 Å². The van der Waals surface area contributed by atoms with Gasteiger partial charge in [-0.25, -0.2) is 9.98 Å². The van der Waals surface area contributed by atoms with Gasteiger partial charge in [-0.3, -0.25) is 0 Å². The maximum Gasteiger partial charge on any atom is 0.213 e. The number of aliphatic imine (C=N–C) groups is 1. The van der Waals surface area contributed by atoms with Crippen LogP contribution < -0.4 is 15.4 Å². The number of rotatable bonds is 8. The van der Waals surface area contributed by atoms with Crippen molar-refractivity contribution in [1.29, 1.82) is 0 Å². The molecule has 128 valence electrons. The Kier molecular flexibility index (Phi) is 7.70. The summed E-state index contributed by atoms with van der Waals surface area (Å²) in [5.41, 5.74) is 1.13. The van der Waals surface area contributed by atoms with E-state index < -0.39 is 0 Å². The fraction of sp³-hybridized carbons (Fsp3) is 0.667. The highest BCUT2D eigenvalue weighted by Crippen LogP contribution is 2.23. The maximum atomic E-state index is 5.96. The van der Waals surface area contributed by atoms with E-state index in [1.54, 1.807) is 0 Å². The average molecular weight is 318 g/mol. The van der Waals surface area contributed by atoms with Crippen LogP contribution in [0.1, 0.15) is 57.9 Å². The molecule has 1 saturated carbocycles. The summed E-state index contributed by atoms with van der Waals surface area (Å²) >= 11 is 0. The molecule has 0 aromatic carbocycles. The van der Waals surface area contributed by atoms with Crippen LogP contribution in [0.5, 0.6) is 5.88 Å². The van der Waals surface area contributed by atoms with Crippen LogP contribution >= 0.6 is 0 Å². The van der Waals surface area contributed by atoms with Gasteiger partial charge in [0.2, 0.25) is 5.88 Å². The number of guanidine groups is 1. The Labute approximate surface area is 139 Å². The van der Waals surface area contributed by atoms with Crippen LogP contribution in [0, 0.1) is 0 Å². The highest BCUT2D eigenvalue weighted by Gasteiger charge is 2.16. The first-order valence-corrected chi connectivity index (χ1v) is 8.95. The number of nitrogens with one attached hydrogen (secondary N) is 2. The zero-order valence-corrected chi connectivity index (χ0v) is 14.5. The lowest BCUT2D eigenvalue weighted by molar-refractivity contribution is 0.201. The number of pyridine rings is 1. The Hall–Kier alpha value is -1.78. The monoisotopic (exact) mass is 318 g/mol. The van der Waals surface area contributed by atoms with Crippen molar-refractivity contribution in [3.63, 3.8) is 0 Å². The van der Waals surface area contributed by atoms with E-state index >= 15 is 0 Å². The summed E-state index contributed by atoms with van der Waals surface area (Å²) in [4.78, 5) is 8.96. The minimum Gasteiger partial charge on any atom is -0.474 e. The predicted octanol–water partition coefficient (Wildman–Crippen LogP) is 3.26. The summed E-state index contributed by atoms with van der Waals surface area (Å²) in [6.07, 6.45) is 9.32. The van der Waals surface area contributed by atoms with Crippen LogP contribution in [-0.4, -0.2) is 30.1 Å². The van der Waals surface area contributed by atoms with E-state index in [1.807, 2.05) is 18.3 Å². The topological polar surface area (TPSA) is 58.5 Å². The fourth-order valence-electron chi connectivity index (χ4n) is 2.69. The molecule has 0 aliphatic heterocycles. The highest BCUT2D eigenvalue weighted by molar-refractivity contribution is 5.79. The molecule has 1 fully saturated rings. The zero-order valence-electron chi connectivity index (χ0n) is 14.5. The molecule has 2 rings (SSSR count). The molecule has 0 atom stereocenters.